The van der Waals surface area contributed by atoms with Crippen LogP contribution in [-0.4, -0.2) is 30.6 Å². The molecule has 0 spiro atoms. The molecule has 0 aromatic carbocycles. The summed E-state index contributed by atoms with van der Waals surface area (Å²) in [6.07, 6.45) is 4.33. The second-order valence-corrected chi connectivity index (χ2v) is 3.10. The Morgan fingerprint density at radius 1 is 1.60 bits per heavy atom. The van der Waals surface area contributed by atoms with Crippen molar-refractivity contribution in [3.63, 3.8) is 0 Å². The van der Waals surface area contributed by atoms with E-state index >= 15 is 0 Å². The van der Waals surface area contributed by atoms with E-state index in [4.69, 9.17) is 4.74 Å². The number of pyridine rings is 1. The Labute approximate surface area is 89.7 Å². The number of hydrogen-bond acceptors (Lipinski definition) is 3. The molecule has 4 heteroatoms. The standard InChI is InChI=1S/C11H16N2O2/c1-2-15-9-11(14)13-7-5-10-4-3-6-12-8-10/h3-4,6,8H,2,5,7,9H2,1H3,(H,13,14). The zero-order valence-corrected chi connectivity index (χ0v) is 8.90. The summed E-state index contributed by atoms with van der Waals surface area (Å²) < 4.78 is 4.97. The Bertz CT molecular complexity index is 288. The number of carbonyl (C=O) groups is 1. The highest BCUT2D eigenvalue weighted by atomic mass is 16.5. The van der Waals surface area contributed by atoms with Gasteiger partial charge in [-0.3, -0.25) is 9.78 Å². The van der Waals surface area contributed by atoms with E-state index in [0.717, 1.165) is 12.0 Å². The number of nitrogens with one attached hydrogen (secondary N) is 1. The Morgan fingerprint density at radius 2 is 2.47 bits per heavy atom. The molecule has 0 aliphatic heterocycles. The smallest absolute Gasteiger partial charge is 0.246 e. The monoisotopic (exact) mass is 208 g/mol. The van der Waals surface area contributed by atoms with Crippen molar-refractivity contribution in [2.75, 3.05) is 19.8 Å². The van der Waals surface area contributed by atoms with Gasteiger partial charge in [-0.25, -0.2) is 0 Å². The number of hydrogen-bond donors (Lipinski definition) is 1. The summed E-state index contributed by atoms with van der Waals surface area (Å²) in [5.41, 5.74) is 1.12. The molecule has 0 saturated carbocycles. The first-order valence-electron chi connectivity index (χ1n) is 5.06. The van der Waals surface area contributed by atoms with E-state index < -0.39 is 0 Å². The minimum absolute atomic E-state index is 0.0688. The lowest BCUT2D eigenvalue weighted by molar-refractivity contribution is -0.125. The summed E-state index contributed by atoms with van der Waals surface area (Å²) in [6, 6.07) is 3.87. The maximum Gasteiger partial charge on any atom is 0.246 e. The van der Waals surface area contributed by atoms with Crippen LogP contribution in [0.3, 0.4) is 0 Å². The lowest BCUT2D eigenvalue weighted by Gasteiger charge is -2.04. The minimum Gasteiger partial charge on any atom is -0.372 e. The van der Waals surface area contributed by atoms with Gasteiger partial charge in [0.15, 0.2) is 0 Å². The number of ether oxygens (including phenoxy) is 1. The van der Waals surface area contributed by atoms with Gasteiger partial charge < -0.3 is 10.1 Å². The first-order chi connectivity index (χ1) is 7.33. The van der Waals surface area contributed by atoms with Gasteiger partial charge in [0.1, 0.15) is 6.61 Å². The van der Waals surface area contributed by atoms with Crippen LogP contribution in [0, 0.1) is 0 Å². The van der Waals surface area contributed by atoms with Crippen molar-refractivity contribution in [3.05, 3.63) is 30.1 Å². The first kappa shape index (κ1) is 11.7. The van der Waals surface area contributed by atoms with Crippen LogP contribution < -0.4 is 5.32 Å². The zero-order valence-electron chi connectivity index (χ0n) is 8.90. The summed E-state index contributed by atoms with van der Waals surface area (Å²) in [5.74, 6) is -0.0688. The average molecular weight is 208 g/mol. The number of nitrogens with zero attached hydrogens (tertiary/aromatic N) is 1. The highest BCUT2D eigenvalue weighted by Crippen LogP contribution is 1.95. The molecular formula is C11H16N2O2. The Hall–Kier alpha value is -1.42. The second kappa shape index (κ2) is 6.95. The fraction of sp³-hybridized carbons (Fsp3) is 0.455. The molecule has 1 amide bonds. The Kier molecular flexibility index (Phi) is 5.40. The van der Waals surface area contributed by atoms with Crippen molar-refractivity contribution in [1.82, 2.24) is 10.3 Å². The molecule has 4 nitrogen and oxygen atoms in total. The maximum atomic E-state index is 11.1. The molecule has 1 aromatic heterocycles. The minimum atomic E-state index is -0.0688. The fourth-order valence-electron chi connectivity index (χ4n) is 1.14. The molecule has 0 bridgehead atoms. The molecule has 0 saturated heterocycles. The third-order valence-corrected chi connectivity index (χ3v) is 1.90. The summed E-state index contributed by atoms with van der Waals surface area (Å²) in [4.78, 5) is 15.1. The Balaban J connectivity index is 2.14. The molecule has 1 N–H and O–H groups in total. The van der Waals surface area contributed by atoms with Crippen LogP contribution in [0.15, 0.2) is 24.5 Å². The van der Waals surface area contributed by atoms with Crippen molar-refractivity contribution in [2.45, 2.75) is 13.3 Å². The summed E-state index contributed by atoms with van der Waals surface area (Å²) >= 11 is 0. The summed E-state index contributed by atoms with van der Waals surface area (Å²) in [7, 11) is 0. The lowest BCUT2D eigenvalue weighted by atomic mass is 10.2. The number of rotatable bonds is 6. The largest absolute Gasteiger partial charge is 0.372 e. The van der Waals surface area contributed by atoms with Crippen molar-refractivity contribution in [1.29, 1.82) is 0 Å². The normalized spacial score (nSPS) is 9.93. The van der Waals surface area contributed by atoms with Gasteiger partial charge in [-0.05, 0) is 25.0 Å². The Morgan fingerprint density at radius 3 is 3.13 bits per heavy atom. The quantitative estimate of drug-likeness (QED) is 0.751. The van der Waals surface area contributed by atoms with E-state index in [1.165, 1.54) is 0 Å². The van der Waals surface area contributed by atoms with Crippen molar-refractivity contribution in [2.24, 2.45) is 0 Å². The van der Waals surface area contributed by atoms with Crippen molar-refractivity contribution in [3.8, 4) is 0 Å². The van der Waals surface area contributed by atoms with Gasteiger partial charge in [0.25, 0.3) is 0 Å². The van der Waals surface area contributed by atoms with Gasteiger partial charge in [-0.15, -0.1) is 0 Å². The average Bonchev–Trinajstić information content (AvgIpc) is 2.28. The number of carbonyl (C=O) groups excluding carboxylic acids is 1. The van der Waals surface area contributed by atoms with Gasteiger partial charge >= 0.3 is 0 Å². The highest BCUT2D eigenvalue weighted by Gasteiger charge is 1.99. The predicted molar refractivity (Wildman–Crippen MR) is 57.4 cm³/mol. The summed E-state index contributed by atoms with van der Waals surface area (Å²) in [5, 5.41) is 2.77. The van der Waals surface area contributed by atoms with Gasteiger partial charge in [-0.2, -0.15) is 0 Å². The molecule has 0 radical (unpaired) electrons. The lowest BCUT2D eigenvalue weighted by Crippen LogP contribution is -2.29. The van der Waals surface area contributed by atoms with E-state index in [9.17, 15) is 4.79 Å². The molecule has 0 aliphatic rings. The highest BCUT2D eigenvalue weighted by molar-refractivity contribution is 5.77. The molecular weight excluding hydrogens is 192 g/mol. The van der Waals surface area contributed by atoms with Crippen molar-refractivity contribution >= 4 is 5.91 Å². The molecule has 82 valence electrons. The zero-order chi connectivity index (χ0) is 10.9. The van der Waals surface area contributed by atoms with Crippen LogP contribution in [0.4, 0.5) is 0 Å². The number of aromatic nitrogens is 1. The van der Waals surface area contributed by atoms with Crippen LogP contribution in [0.5, 0.6) is 0 Å². The molecule has 0 fully saturated rings. The van der Waals surface area contributed by atoms with Gasteiger partial charge in [0.05, 0.1) is 0 Å². The fourth-order valence-corrected chi connectivity index (χ4v) is 1.14. The van der Waals surface area contributed by atoms with Gasteiger partial charge in [0, 0.05) is 25.5 Å². The van der Waals surface area contributed by atoms with Crippen LogP contribution in [0.2, 0.25) is 0 Å². The molecule has 0 atom stereocenters. The third-order valence-electron chi connectivity index (χ3n) is 1.90. The molecule has 1 aromatic rings. The van der Waals surface area contributed by atoms with Crippen LogP contribution in [0.25, 0.3) is 0 Å². The molecule has 15 heavy (non-hydrogen) atoms. The molecule has 0 aliphatic carbocycles. The van der Waals surface area contributed by atoms with E-state index in [-0.39, 0.29) is 12.5 Å². The third kappa shape index (κ3) is 5.12. The predicted octanol–water partition coefficient (Wildman–Crippen LogP) is 0.777. The van der Waals surface area contributed by atoms with E-state index in [2.05, 4.69) is 10.3 Å². The molecule has 1 heterocycles. The van der Waals surface area contributed by atoms with E-state index in [1.807, 2.05) is 19.1 Å². The first-order valence-corrected chi connectivity index (χ1v) is 5.06. The number of amides is 1. The maximum absolute atomic E-state index is 11.1. The van der Waals surface area contributed by atoms with E-state index in [1.54, 1.807) is 12.4 Å². The van der Waals surface area contributed by atoms with Crippen LogP contribution >= 0.6 is 0 Å². The van der Waals surface area contributed by atoms with Crippen molar-refractivity contribution < 1.29 is 9.53 Å². The SMILES string of the molecule is CCOCC(=O)NCCc1cccnc1. The van der Waals surface area contributed by atoms with Gasteiger partial charge in [-0.1, -0.05) is 6.07 Å². The summed E-state index contributed by atoms with van der Waals surface area (Å²) in [6.45, 7) is 3.19. The molecule has 0 unspecified atom stereocenters. The second-order valence-electron chi connectivity index (χ2n) is 3.10. The van der Waals surface area contributed by atoms with Crippen LogP contribution in [-0.2, 0) is 16.0 Å². The molecule has 1 rings (SSSR count). The van der Waals surface area contributed by atoms with Gasteiger partial charge in [0.2, 0.25) is 5.91 Å². The van der Waals surface area contributed by atoms with Crippen LogP contribution in [0.1, 0.15) is 12.5 Å². The van der Waals surface area contributed by atoms with E-state index in [0.29, 0.717) is 13.2 Å². The topological polar surface area (TPSA) is 51.2 Å².